The summed E-state index contributed by atoms with van der Waals surface area (Å²) in [7, 11) is -5.89. The maximum absolute atomic E-state index is 13.2. The zero-order valence-electron chi connectivity index (χ0n) is 21.3. The van der Waals surface area contributed by atoms with E-state index in [2.05, 4.69) is 18.8 Å². The van der Waals surface area contributed by atoms with E-state index in [0.717, 1.165) is 18.1 Å². The zero-order chi connectivity index (χ0) is 27.7. The van der Waals surface area contributed by atoms with E-state index in [1.54, 1.807) is 30.3 Å². The molecule has 5 rings (SSSR count). The lowest BCUT2D eigenvalue weighted by atomic mass is 9.88. The third kappa shape index (κ3) is 6.25. The van der Waals surface area contributed by atoms with Crippen molar-refractivity contribution < 1.29 is 31.4 Å². The molecule has 2 aliphatic rings. The quantitative estimate of drug-likeness (QED) is 0.307. The molecule has 2 atom stereocenters. The fourth-order valence-corrected chi connectivity index (χ4v) is 7.68. The molecule has 1 spiro atoms. The second-order valence-corrected chi connectivity index (χ2v) is 14.1. The number of nitrogens with one attached hydrogen (secondary N) is 2. The molecule has 3 aromatic rings. The Labute approximate surface area is 231 Å². The van der Waals surface area contributed by atoms with Gasteiger partial charge in [0.25, 0.3) is 0 Å². The van der Waals surface area contributed by atoms with Gasteiger partial charge in [-0.25, -0.2) is 21.6 Å². The lowest BCUT2D eigenvalue weighted by Crippen LogP contribution is -2.47. The SMILES string of the molecule is CNS(=O)(=O)c1cccc(OC[C@@H](O)CNC2COC3(CCN(S(=O)(=O)c4ccc5nsnc5c4)CC3)C2)c1. The van der Waals surface area contributed by atoms with E-state index in [1.807, 2.05) is 0 Å². The molecule has 0 aliphatic carbocycles. The molecule has 15 heteroatoms. The summed E-state index contributed by atoms with van der Waals surface area (Å²) in [6.45, 7) is 1.46. The number of sulfonamides is 2. The highest BCUT2D eigenvalue weighted by molar-refractivity contribution is 7.89. The molecule has 1 aromatic heterocycles. The van der Waals surface area contributed by atoms with Crippen LogP contribution >= 0.6 is 11.7 Å². The van der Waals surface area contributed by atoms with Crippen LogP contribution in [0.4, 0.5) is 0 Å². The third-order valence-electron chi connectivity index (χ3n) is 7.17. The molecular weight excluding hydrogens is 566 g/mol. The molecule has 2 aliphatic heterocycles. The number of ether oxygens (including phenoxy) is 2. The predicted octanol–water partition coefficient (Wildman–Crippen LogP) is 0.941. The fraction of sp³-hybridized carbons (Fsp3) is 0.500. The molecule has 39 heavy (non-hydrogen) atoms. The number of rotatable bonds is 10. The highest BCUT2D eigenvalue weighted by Gasteiger charge is 2.44. The Kier molecular flexibility index (Phi) is 8.22. The highest BCUT2D eigenvalue weighted by Crippen LogP contribution is 2.37. The Bertz CT molecular complexity index is 1520. The Morgan fingerprint density at radius 2 is 1.90 bits per heavy atom. The number of hydrogen-bond acceptors (Lipinski definition) is 11. The fourth-order valence-electron chi connectivity index (χ4n) is 4.93. The topological polar surface area (TPSA) is 160 Å². The zero-order valence-corrected chi connectivity index (χ0v) is 23.8. The van der Waals surface area contributed by atoms with Crippen molar-refractivity contribution in [2.24, 2.45) is 0 Å². The monoisotopic (exact) mass is 597 g/mol. The molecule has 3 heterocycles. The summed E-state index contributed by atoms with van der Waals surface area (Å²) in [5.41, 5.74) is 0.860. The van der Waals surface area contributed by atoms with Gasteiger partial charge in [0, 0.05) is 31.7 Å². The highest BCUT2D eigenvalue weighted by atomic mass is 32.2. The Hall–Kier alpha value is -2.24. The average Bonchev–Trinajstić information content (AvgIpc) is 3.58. The van der Waals surface area contributed by atoms with Crippen LogP contribution in [0, 0.1) is 0 Å². The normalized spacial score (nSPS) is 20.9. The first-order valence-corrected chi connectivity index (χ1v) is 16.2. The van der Waals surface area contributed by atoms with Gasteiger partial charge in [-0.1, -0.05) is 6.07 Å². The number of aliphatic hydroxyl groups is 1. The van der Waals surface area contributed by atoms with Crippen LogP contribution in [0.2, 0.25) is 0 Å². The summed E-state index contributed by atoms with van der Waals surface area (Å²) in [4.78, 5) is 0.303. The minimum absolute atomic E-state index is 0.00957. The van der Waals surface area contributed by atoms with Crippen molar-refractivity contribution in [3.05, 3.63) is 42.5 Å². The van der Waals surface area contributed by atoms with Crippen molar-refractivity contribution in [3.63, 3.8) is 0 Å². The second-order valence-electron chi connectivity index (χ2n) is 9.77. The van der Waals surface area contributed by atoms with Crippen LogP contribution in [0.3, 0.4) is 0 Å². The van der Waals surface area contributed by atoms with E-state index in [1.165, 1.54) is 23.5 Å². The number of aliphatic hydroxyl groups excluding tert-OH is 1. The van der Waals surface area contributed by atoms with Gasteiger partial charge in [-0.2, -0.15) is 13.1 Å². The van der Waals surface area contributed by atoms with Crippen molar-refractivity contribution >= 4 is 42.8 Å². The van der Waals surface area contributed by atoms with Gasteiger partial charge in [-0.05, 0) is 56.6 Å². The summed E-state index contributed by atoms with van der Waals surface area (Å²) in [5.74, 6) is 0.346. The van der Waals surface area contributed by atoms with E-state index in [9.17, 15) is 21.9 Å². The van der Waals surface area contributed by atoms with Crippen LogP contribution in [0.1, 0.15) is 19.3 Å². The molecule has 1 unspecified atom stereocenters. The lowest BCUT2D eigenvalue weighted by molar-refractivity contribution is -0.0312. The Morgan fingerprint density at radius 3 is 2.67 bits per heavy atom. The summed E-state index contributed by atoms with van der Waals surface area (Å²) in [6.07, 6.45) is 1.07. The summed E-state index contributed by atoms with van der Waals surface area (Å²) >= 11 is 1.05. The molecule has 2 aromatic carbocycles. The van der Waals surface area contributed by atoms with Gasteiger partial charge >= 0.3 is 0 Å². The van der Waals surface area contributed by atoms with Gasteiger partial charge < -0.3 is 19.9 Å². The van der Waals surface area contributed by atoms with Crippen LogP contribution in [0.25, 0.3) is 11.0 Å². The molecule has 2 fully saturated rings. The summed E-state index contributed by atoms with van der Waals surface area (Å²) in [5, 5.41) is 13.7. The first-order chi connectivity index (χ1) is 18.6. The molecule has 212 valence electrons. The van der Waals surface area contributed by atoms with Gasteiger partial charge in [0.05, 0.1) is 33.7 Å². The average molecular weight is 598 g/mol. The molecule has 12 nitrogen and oxygen atoms in total. The van der Waals surface area contributed by atoms with Crippen molar-refractivity contribution in [2.45, 2.75) is 46.8 Å². The predicted molar refractivity (Wildman–Crippen MR) is 145 cm³/mol. The van der Waals surface area contributed by atoms with Crippen LogP contribution in [-0.2, 0) is 24.8 Å². The lowest BCUT2D eigenvalue weighted by Gasteiger charge is -2.38. The van der Waals surface area contributed by atoms with Crippen LogP contribution in [0.15, 0.2) is 52.3 Å². The molecule has 0 bridgehead atoms. The molecule has 0 amide bonds. The third-order valence-corrected chi connectivity index (χ3v) is 11.0. The number of piperidine rings is 1. The van der Waals surface area contributed by atoms with Crippen molar-refractivity contribution in [3.8, 4) is 5.75 Å². The molecule has 2 saturated heterocycles. The van der Waals surface area contributed by atoms with Crippen LogP contribution in [0.5, 0.6) is 5.75 Å². The smallest absolute Gasteiger partial charge is 0.243 e. The largest absolute Gasteiger partial charge is 0.491 e. The van der Waals surface area contributed by atoms with E-state index in [4.69, 9.17) is 9.47 Å². The molecule has 0 saturated carbocycles. The van der Waals surface area contributed by atoms with E-state index in [0.29, 0.717) is 49.3 Å². The molecule has 0 radical (unpaired) electrons. The van der Waals surface area contributed by atoms with E-state index < -0.39 is 31.8 Å². The van der Waals surface area contributed by atoms with Gasteiger partial charge in [0.15, 0.2) is 0 Å². The van der Waals surface area contributed by atoms with Crippen molar-refractivity contribution in [2.75, 3.05) is 39.9 Å². The van der Waals surface area contributed by atoms with Crippen molar-refractivity contribution in [1.29, 1.82) is 0 Å². The van der Waals surface area contributed by atoms with E-state index in [-0.39, 0.29) is 29.0 Å². The number of fused-ring (bicyclic) bond motifs is 1. The number of aromatic nitrogens is 2. The number of hydrogen-bond donors (Lipinski definition) is 3. The summed E-state index contributed by atoms with van der Waals surface area (Å²) in [6, 6.07) is 10.9. The standard InChI is InChI=1S/C24H31N5O7S3/c1-25-38(31,32)20-4-2-3-19(11-20)35-16-18(30)14-26-17-13-24(36-15-17)7-9-29(10-8-24)39(33,34)21-5-6-22-23(12-21)28-37-27-22/h2-6,11-12,17-18,25-26,30H,7-10,13-16H2,1H3/t17?,18-/m0/s1. The van der Waals surface area contributed by atoms with Gasteiger partial charge in [-0.3, -0.25) is 0 Å². The minimum Gasteiger partial charge on any atom is -0.491 e. The maximum atomic E-state index is 13.2. The van der Waals surface area contributed by atoms with Crippen LogP contribution in [-0.4, -0.2) is 92.6 Å². The number of benzene rings is 2. The first kappa shape index (κ1) is 28.3. The van der Waals surface area contributed by atoms with E-state index >= 15 is 0 Å². The maximum Gasteiger partial charge on any atom is 0.243 e. The Balaban J connectivity index is 1.08. The Morgan fingerprint density at radius 1 is 1.13 bits per heavy atom. The second kappa shape index (κ2) is 11.3. The number of nitrogens with zero attached hydrogens (tertiary/aromatic N) is 3. The van der Waals surface area contributed by atoms with Gasteiger partial charge in [-0.15, -0.1) is 0 Å². The van der Waals surface area contributed by atoms with Crippen LogP contribution < -0.4 is 14.8 Å². The van der Waals surface area contributed by atoms with Gasteiger partial charge in [0.1, 0.15) is 29.5 Å². The first-order valence-electron chi connectivity index (χ1n) is 12.5. The minimum atomic E-state index is -3.64. The van der Waals surface area contributed by atoms with Gasteiger partial charge in [0.2, 0.25) is 20.0 Å². The van der Waals surface area contributed by atoms with Crippen molar-refractivity contribution in [1.82, 2.24) is 23.1 Å². The molecular formula is C24H31N5O7S3. The molecule has 3 N–H and O–H groups in total. The summed E-state index contributed by atoms with van der Waals surface area (Å²) < 4.78 is 74.1.